The van der Waals surface area contributed by atoms with Crippen LogP contribution in [0.5, 0.6) is 0 Å². The first kappa shape index (κ1) is 21.8. The smallest absolute Gasteiger partial charge is 0.332 e. The molecule has 3 aromatic rings. The van der Waals surface area contributed by atoms with E-state index in [0.717, 1.165) is 41.4 Å². The molecule has 1 aliphatic carbocycles. The molecule has 2 bridgehead atoms. The summed E-state index contributed by atoms with van der Waals surface area (Å²) in [6.45, 7) is 0. The first-order valence-electron chi connectivity index (χ1n) is 12.6. The van der Waals surface area contributed by atoms with E-state index in [-0.39, 0.29) is 30.4 Å². The van der Waals surface area contributed by atoms with Gasteiger partial charge in [-0.25, -0.2) is 4.79 Å². The van der Waals surface area contributed by atoms with Crippen molar-refractivity contribution in [3.8, 4) is 11.8 Å². The van der Waals surface area contributed by atoms with Crippen LogP contribution in [0.1, 0.15) is 24.8 Å². The lowest BCUT2D eigenvalue weighted by atomic mass is 9.77. The molecule has 0 unspecified atom stereocenters. The average molecular weight is 478 g/mol. The molecule has 4 aliphatic rings. The van der Waals surface area contributed by atoms with Crippen LogP contribution in [0.3, 0.4) is 0 Å². The molecule has 0 N–H and O–H groups in total. The van der Waals surface area contributed by atoms with Crippen molar-refractivity contribution in [2.75, 3.05) is 14.2 Å². The molecule has 0 saturated carbocycles. The van der Waals surface area contributed by atoms with Crippen molar-refractivity contribution in [1.29, 1.82) is 0 Å². The zero-order valence-electron chi connectivity index (χ0n) is 20.4. The molecule has 0 radical (unpaired) electrons. The highest BCUT2D eigenvalue weighted by atomic mass is 16.7. The number of hydrogen-bond donors (Lipinski definition) is 0. The molecule has 5 heteroatoms. The van der Waals surface area contributed by atoms with Crippen LogP contribution in [-0.2, 0) is 19.0 Å². The Bertz CT molecular complexity index is 1540. The van der Waals surface area contributed by atoms with Gasteiger partial charge in [-0.3, -0.25) is 4.90 Å². The van der Waals surface area contributed by atoms with Gasteiger partial charge in [0.05, 0.1) is 12.1 Å². The second-order valence-corrected chi connectivity index (χ2v) is 10.1. The predicted octanol–water partition coefficient (Wildman–Crippen LogP) is 4.73. The van der Waals surface area contributed by atoms with E-state index in [9.17, 15) is 4.79 Å². The standard InChI is InChI=1S/C31H27NO4/c1-34-30(35-2)27-13-14-28-31-18-22(32(27)28)16-21(26(31)17-29(33)36-31)12-11-20-15-19-7-3-4-8-23(19)25-10-6-5-9-24(20)25/h3-10,15-17,22,27-28,30H,13-14,18H2,1-2H3/t22-,27+,28-,31+/m1/s1. The summed E-state index contributed by atoms with van der Waals surface area (Å²) < 4.78 is 17.4. The molecule has 3 aromatic carbocycles. The topological polar surface area (TPSA) is 48.0 Å². The van der Waals surface area contributed by atoms with Crippen LogP contribution >= 0.6 is 0 Å². The van der Waals surface area contributed by atoms with Gasteiger partial charge in [0.2, 0.25) is 0 Å². The van der Waals surface area contributed by atoms with Crippen molar-refractivity contribution in [2.24, 2.45) is 0 Å². The summed E-state index contributed by atoms with van der Waals surface area (Å²) in [6, 6.07) is 19.3. The lowest BCUT2D eigenvalue weighted by Crippen LogP contribution is -2.48. The number of fused-ring (bicyclic) bond motifs is 6. The summed E-state index contributed by atoms with van der Waals surface area (Å²) in [6.07, 6.45) is 6.20. The predicted molar refractivity (Wildman–Crippen MR) is 138 cm³/mol. The Morgan fingerprint density at radius 2 is 1.75 bits per heavy atom. The number of benzene rings is 3. The van der Waals surface area contributed by atoms with Crippen molar-refractivity contribution in [3.63, 3.8) is 0 Å². The number of carbonyl (C=O) groups excluding carboxylic acids is 1. The third-order valence-corrected chi connectivity index (χ3v) is 8.44. The summed E-state index contributed by atoms with van der Waals surface area (Å²) in [5.41, 5.74) is 2.18. The number of hydrogen-bond acceptors (Lipinski definition) is 5. The summed E-state index contributed by atoms with van der Waals surface area (Å²) in [7, 11) is 3.37. The maximum Gasteiger partial charge on any atom is 0.332 e. The molecule has 36 heavy (non-hydrogen) atoms. The molecular formula is C31H27NO4. The lowest BCUT2D eigenvalue weighted by molar-refractivity contribution is -0.151. The van der Waals surface area contributed by atoms with Crippen LogP contribution in [0.4, 0.5) is 0 Å². The van der Waals surface area contributed by atoms with Crippen molar-refractivity contribution in [1.82, 2.24) is 4.90 Å². The van der Waals surface area contributed by atoms with Gasteiger partial charge >= 0.3 is 5.97 Å². The van der Waals surface area contributed by atoms with E-state index in [1.54, 1.807) is 20.3 Å². The first-order valence-corrected chi connectivity index (χ1v) is 12.6. The SMILES string of the molecule is COC(OC)[C@@H]1CC[C@H]2N1[C@@H]1C=C(C#Cc3cc4ccccc4c4ccccc34)C3=CC(=O)O[C@@]32C1. The highest BCUT2D eigenvalue weighted by molar-refractivity contribution is 6.10. The molecule has 3 aliphatic heterocycles. The molecule has 0 aromatic heterocycles. The third-order valence-electron chi connectivity index (χ3n) is 8.44. The molecule has 180 valence electrons. The van der Waals surface area contributed by atoms with Crippen molar-refractivity contribution in [3.05, 3.63) is 83.5 Å². The van der Waals surface area contributed by atoms with E-state index < -0.39 is 5.60 Å². The van der Waals surface area contributed by atoms with Gasteiger partial charge in [0.1, 0.15) is 0 Å². The van der Waals surface area contributed by atoms with E-state index >= 15 is 0 Å². The number of carbonyl (C=O) groups is 1. The number of nitrogens with zero attached hydrogens (tertiary/aromatic N) is 1. The average Bonchev–Trinajstić information content (AvgIpc) is 3.56. The number of methoxy groups -OCH3 is 2. The Morgan fingerprint density at radius 1 is 1.00 bits per heavy atom. The fourth-order valence-corrected chi connectivity index (χ4v) is 7.09. The number of rotatable bonds is 3. The van der Waals surface area contributed by atoms with Crippen molar-refractivity contribution >= 4 is 27.5 Å². The largest absolute Gasteiger partial charge is 0.449 e. The fourth-order valence-electron chi connectivity index (χ4n) is 7.09. The lowest BCUT2D eigenvalue weighted by Gasteiger charge is -2.33. The Labute approximate surface area is 210 Å². The Balaban J connectivity index is 1.34. The minimum Gasteiger partial charge on any atom is -0.449 e. The van der Waals surface area contributed by atoms with Crippen LogP contribution in [0, 0.1) is 11.8 Å². The van der Waals surface area contributed by atoms with Gasteiger partial charge in [0.25, 0.3) is 0 Å². The molecule has 2 fully saturated rings. The van der Waals surface area contributed by atoms with E-state index in [4.69, 9.17) is 14.2 Å². The van der Waals surface area contributed by atoms with Crippen LogP contribution in [0.15, 0.2) is 77.9 Å². The summed E-state index contributed by atoms with van der Waals surface area (Å²) in [5.74, 6) is 6.67. The van der Waals surface area contributed by atoms with Crippen LogP contribution in [-0.4, -0.2) is 55.1 Å². The van der Waals surface area contributed by atoms with E-state index in [1.165, 1.54) is 16.2 Å². The van der Waals surface area contributed by atoms with Gasteiger partial charge < -0.3 is 14.2 Å². The van der Waals surface area contributed by atoms with Gasteiger partial charge in [-0.1, -0.05) is 66.4 Å². The van der Waals surface area contributed by atoms with Gasteiger partial charge in [0, 0.05) is 49.5 Å². The minimum absolute atomic E-state index is 0.107. The van der Waals surface area contributed by atoms with Crippen LogP contribution in [0.25, 0.3) is 21.5 Å². The van der Waals surface area contributed by atoms with E-state index in [2.05, 4.69) is 77.4 Å². The second kappa shape index (κ2) is 8.04. The van der Waals surface area contributed by atoms with Crippen LogP contribution < -0.4 is 0 Å². The Kier molecular flexibility index (Phi) is 4.87. The zero-order valence-corrected chi connectivity index (χ0v) is 20.4. The molecule has 7 rings (SSSR count). The highest BCUT2D eigenvalue weighted by Gasteiger charge is 2.65. The van der Waals surface area contributed by atoms with Crippen molar-refractivity contribution < 1.29 is 19.0 Å². The molecule has 0 amide bonds. The van der Waals surface area contributed by atoms with E-state index in [1.807, 2.05) is 0 Å². The summed E-state index contributed by atoms with van der Waals surface area (Å²) >= 11 is 0. The molecule has 5 nitrogen and oxygen atoms in total. The summed E-state index contributed by atoms with van der Waals surface area (Å²) in [4.78, 5) is 15.1. The van der Waals surface area contributed by atoms with Gasteiger partial charge in [-0.05, 0) is 40.5 Å². The Morgan fingerprint density at radius 3 is 2.56 bits per heavy atom. The van der Waals surface area contributed by atoms with Gasteiger partial charge in [-0.2, -0.15) is 0 Å². The number of esters is 1. The third kappa shape index (κ3) is 2.99. The quantitative estimate of drug-likeness (QED) is 0.236. The normalized spacial score (nSPS) is 28.5. The molecular weight excluding hydrogens is 450 g/mol. The molecule has 3 heterocycles. The summed E-state index contributed by atoms with van der Waals surface area (Å²) in [5, 5.41) is 4.72. The maximum absolute atomic E-state index is 12.6. The molecule has 4 atom stereocenters. The van der Waals surface area contributed by atoms with Crippen LogP contribution in [0.2, 0.25) is 0 Å². The number of ether oxygens (including phenoxy) is 3. The monoisotopic (exact) mass is 477 g/mol. The Hall–Kier alpha value is -3.43. The first-order chi connectivity index (χ1) is 17.6. The molecule has 1 spiro atoms. The van der Waals surface area contributed by atoms with Gasteiger partial charge in [-0.15, -0.1) is 0 Å². The minimum atomic E-state index is -0.632. The fraction of sp³-hybridized carbons (Fsp3) is 0.323. The zero-order chi connectivity index (χ0) is 24.4. The van der Waals surface area contributed by atoms with Crippen molar-refractivity contribution in [2.45, 2.75) is 49.3 Å². The van der Waals surface area contributed by atoms with Gasteiger partial charge in [0.15, 0.2) is 11.9 Å². The maximum atomic E-state index is 12.6. The highest BCUT2D eigenvalue weighted by Crippen LogP contribution is 2.56. The second-order valence-electron chi connectivity index (χ2n) is 10.1. The molecule has 2 saturated heterocycles. The van der Waals surface area contributed by atoms with E-state index in [0.29, 0.717) is 0 Å².